The molecule has 0 saturated heterocycles. The van der Waals surface area contributed by atoms with Gasteiger partial charge < -0.3 is 5.32 Å². The predicted molar refractivity (Wildman–Crippen MR) is 86.4 cm³/mol. The molecule has 3 rings (SSSR count). The minimum Gasteiger partial charge on any atom is -0.305 e. The summed E-state index contributed by atoms with van der Waals surface area (Å²) in [6, 6.07) is 11.4. The van der Waals surface area contributed by atoms with Crippen molar-refractivity contribution in [2.45, 2.75) is 6.92 Å². The van der Waals surface area contributed by atoms with E-state index >= 15 is 0 Å². The van der Waals surface area contributed by atoms with Gasteiger partial charge in [-0.2, -0.15) is 0 Å². The van der Waals surface area contributed by atoms with E-state index in [1.54, 1.807) is 12.4 Å². The molecule has 0 fully saturated rings. The summed E-state index contributed by atoms with van der Waals surface area (Å²) in [5.74, 6) is 0.247. The van der Waals surface area contributed by atoms with Gasteiger partial charge in [-0.25, -0.2) is 4.98 Å². The molecule has 0 aliphatic carbocycles. The van der Waals surface area contributed by atoms with E-state index in [1.165, 1.54) is 0 Å². The van der Waals surface area contributed by atoms with Crippen LogP contribution >= 0.6 is 15.9 Å². The first kappa shape index (κ1) is 13.7. The lowest BCUT2D eigenvalue weighted by Gasteiger charge is -2.07. The molecule has 104 valence electrons. The number of aryl methyl sites for hydroxylation is 1. The number of benzene rings is 1. The fraction of sp³-hybridized carbons (Fsp3) is 0.0625. The van der Waals surface area contributed by atoms with Crippen molar-refractivity contribution in [3.63, 3.8) is 0 Å². The van der Waals surface area contributed by atoms with Crippen LogP contribution in [0.25, 0.3) is 10.8 Å². The summed E-state index contributed by atoms with van der Waals surface area (Å²) in [7, 11) is 0. The van der Waals surface area contributed by atoms with Gasteiger partial charge in [0, 0.05) is 22.3 Å². The molecule has 0 aliphatic rings. The van der Waals surface area contributed by atoms with Crippen LogP contribution in [0.3, 0.4) is 0 Å². The number of anilines is 1. The van der Waals surface area contributed by atoms with Gasteiger partial charge >= 0.3 is 0 Å². The first-order valence-corrected chi connectivity index (χ1v) is 7.22. The van der Waals surface area contributed by atoms with Crippen LogP contribution in [0.15, 0.2) is 53.3 Å². The normalized spacial score (nSPS) is 10.6. The van der Waals surface area contributed by atoms with E-state index in [4.69, 9.17) is 0 Å². The first-order valence-electron chi connectivity index (χ1n) is 6.42. The van der Waals surface area contributed by atoms with Gasteiger partial charge in [-0.1, -0.05) is 24.3 Å². The SMILES string of the molecule is Cc1cc(NC(=O)c2nccc3ccccc23)ncc1Br. The van der Waals surface area contributed by atoms with Gasteiger partial charge in [-0.3, -0.25) is 9.78 Å². The Hall–Kier alpha value is -2.27. The van der Waals surface area contributed by atoms with E-state index in [9.17, 15) is 4.79 Å². The average Bonchev–Trinajstić information content (AvgIpc) is 2.50. The van der Waals surface area contributed by atoms with Crippen molar-refractivity contribution in [2.75, 3.05) is 5.32 Å². The van der Waals surface area contributed by atoms with Crippen LogP contribution in [0.5, 0.6) is 0 Å². The molecule has 1 N–H and O–H groups in total. The molecule has 0 unspecified atom stereocenters. The topological polar surface area (TPSA) is 54.9 Å². The smallest absolute Gasteiger partial charge is 0.276 e. The van der Waals surface area contributed by atoms with Crippen LogP contribution in [-0.4, -0.2) is 15.9 Å². The number of rotatable bonds is 2. The van der Waals surface area contributed by atoms with Crippen molar-refractivity contribution in [3.05, 3.63) is 64.5 Å². The molecule has 2 aromatic heterocycles. The quantitative estimate of drug-likeness (QED) is 0.767. The van der Waals surface area contributed by atoms with Crippen molar-refractivity contribution in [2.24, 2.45) is 0 Å². The summed E-state index contributed by atoms with van der Waals surface area (Å²) < 4.78 is 0.906. The van der Waals surface area contributed by atoms with E-state index in [1.807, 2.05) is 43.3 Å². The molecule has 3 aromatic rings. The number of pyridine rings is 2. The molecule has 0 atom stereocenters. The summed E-state index contributed by atoms with van der Waals surface area (Å²) in [6.07, 6.45) is 3.30. The molecule has 0 saturated carbocycles. The van der Waals surface area contributed by atoms with Crippen LogP contribution in [0, 0.1) is 6.92 Å². The van der Waals surface area contributed by atoms with Crippen molar-refractivity contribution < 1.29 is 4.79 Å². The Kier molecular flexibility index (Phi) is 3.66. The Labute approximate surface area is 130 Å². The van der Waals surface area contributed by atoms with Crippen LogP contribution < -0.4 is 5.32 Å². The molecule has 21 heavy (non-hydrogen) atoms. The van der Waals surface area contributed by atoms with Gasteiger partial charge in [-0.05, 0) is 45.9 Å². The second-order valence-electron chi connectivity index (χ2n) is 4.65. The zero-order chi connectivity index (χ0) is 14.8. The number of carbonyl (C=O) groups excluding carboxylic acids is 1. The Morgan fingerprint density at radius 3 is 2.81 bits per heavy atom. The Balaban J connectivity index is 1.95. The van der Waals surface area contributed by atoms with Crippen LogP contribution in [0.4, 0.5) is 5.82 Å². The average molecular weight is 342 g/mol. The van der Waals surface area contributed by atoms with E-state index in [2.05, 4.69) is 31.2 Å². The number of hydrogen-bond acceptors (Lipinski definition) is 3. The number of amides is 1. The lowest BCUT2D eigenvalue weighted by atomic mass is 10.1. The van der Waals surface area contributed by atoms with E-state index in [0.717, 1.165) is 20.8 Å². The second kappa shape index (κ2) is 5.61. The molecule has 5 heteroatoms. The maximum Gasteiger partial charge on any atom is 0.276 e. The van der Waals surface area contributed by atoms with E-state index < -0.39 is 0 Å². The number of hydrogen-bond donors (Lipinski definition) is 1. The largest absolute Gasteiger partial charge is 0.305 e. The highest BCUT2D eigenvalue weighted by atomic mass is 79.9. The zero-order valence-corrected chi connectivity index (χ0v) is 12.9. The molecular formula is C16H12BrN3O. The molecular weight excluding hydrogens is 330 g/mol. The van der Waals surface area contributed by atoms with Crippen molar-refractivity contribution >= 4 is 38.4 Å². The highest BCUT2D eigenvalue weighted by molar-refractivity contribution is 9.10. The molecule has 0 radical (unpaired) electrons. The standard InChI is InChI=1S/C16H12BrN3O/c1-10-8-14(19-9-13(10)17)20-16(21)15-12-5-3-2-4-11(12)6-7-18-15/h2-9H,1H3,(H,19,20,21). The lowest BCUT2D eigenvalue weighted by Crippen LogP contribution is -2.15. The highest BCUT2D eigenvalue weighted by Gasteiger charge is 2.12. The zero-order valence-electron chi connectivity index (χ0n) is 11.3. The number of nitrogens with one attached hydrogen (secondary N) is 1. The van der Waals surface area contributed by atoms with Crippen LogP contribution in [0.2, 0.25) is 0 Å². The van der Waals surface area contributed by atoms with Crippen LogP contribution in [-0.2, 0) is 0 Å². The number of fused-ring (bicyclic) bond motifs is 1. The monoisotopic (exact) mass is 341 g/mol. The summed E-state index contributed by atoms with van der Waals surface area (Å²) >= 11 is 3.39. The molecule has 0 spiro atoms. The van der Waals surface area contributed by atoms with Gasteiger partial charge in [0.1, 0.15) is 11.5 Å². The highest BCUT2D eigenvalue weighted by Crippen LogP contribution is 2.20. The second-order valence-corrected chi connectivity index (χ2v) is 5.51. The van der Waals surface area contributed by atoms with Gasteiger partial charge in [0.2, 0.25) is 0 Å². The Morgan fingerprint density at radius 1 is 1.19 bits per heavy atom. The lowest BCUT2D eigenvalue weighted by molar-refractivity contribution is 0.102. The molecule has 0 aliphatic heterocycles. The fourth-order valence-electron chi connectivity index (χ4n) is 2.08. The van der Waals surface area contributed by atoms with Gasteiger partial charge in [0.05, 0.1) is 0 Å². The molecule has 4 nitrogen and oxygen atoms in total. The van der Waals surface area contributed by atoms with E-state index in [0.29, 0.717) is 11.5 Å². The van der Waals surface area contributed by atoms with Crippen molar-refractivity contribution in [3.8, 4) is 0 Å². The minimum absolute atomic E-state index is 0.263. The molecule has 2 heterocycles. The summed E-state index contributed by atoms with van der Waals surface area (Å²) in [5, 5.41) is 4.59. The Bertz CT molecular complexity index is 827. The van der Waals surface area contributed by atoms with Crippen molar-refractivity contribution in [1.82, 2.24) is 9.97 Å². The summed E-state index contributed by atoms with van der Waals surface area (Å²) in [6.45, 7) is 1.94. The number of halogens is 1. The maximum atomic E-state index is 12.4. The van der Waals surface area contributed by atoms with Gasteiger partial charge in [0.25, 0.3) is 5.91 Å². The van der Waals surface area contributed by atoms with Crippen molar-refractivity contribution in [1.29, 1.82) is 0 Å². The third-order valence-electron chi connectivity index (χ3n) is 3.18. The maximum absolute atomic E-state index is 12.4. The number of nitrogens with zero attached hydrogens (tertiary/aromatic N) is 2. The fourth-order valence-corrected chi connectivity index (χ4v) is 2.30. The summed E-state index contributed by atoms with van der Waals surface area (Å²) in [4.78, 5) is 20.8. The molecule has 1 amide bonds. The van der Waals surface area contributed by atoms with Crippen LogP contribution in [0.1, 0.15) is 16.1 Å². The third kappa shape index (κ3) is 2.78. The van der Waals surface area contributed by atoms with E-state index in [-0.39, 0.29) is 5.91 Å². The summed E-state index contributed by atoms with van der Waals surface area (Å²) in [5.41, 5.74) is 1.40. The van der Waals surface area contributed by atoms with Gasteiger partial charge in [-0.15, -0.1) is 0 Å². The number of carbonyl (C=O) groups is 1. The van der Waals surface area contributed by atoms with Gasteiger partial charge in [0.15, 0.2) is 0 Å². The molecule has 0 bridgehead atoms. The molecule has 1 aromatic carbocycles. The first-order chi connectivity index (χ1) is 10.1. The Morgan fingerprint density at radius 2 is 2.00 bits per heavy atom. The number of aromatic nitrogens is 2. The predicted octanol–water partition coefficient (Wildman–Crippen LogP) is 3.95. The third-order valence-corrected chi connectivity index (χ3v) is 4.01. The minimum atomic E-state index is -0.263.